The molecule has 4 N–H and O–H groups in total. The van der Waals surface area contributed by atoms with Crippen molar-refractivity contribution in [2.24, 2.45) is 11.8 Å². The van der Waals surface area contributed by atoms with Crippen LogP contribution in [0.3, 0.4) is 0 Å². The zero-order valence-electron chi connectivity index (χ0n) is 12.1. The van der Waals surface area contributed by atoms with Crippen molar-refractivity contribution in [3.63, 3.8) is 0 Å². The summed E-state index contributed by atoms with van der Waals surface area (Å²) < 4.78 is 0. The van der Waals surface area contributed by atoms with Crippen molar-refractivity contribution < 1.29 is 0 Å². The quantitative estimate of drug-likeness (QED) is 0.473. The van der Waals surface area contributed by atoms with Crippen molar-refractivity contribution >= 4 is 34.7 Å². The van der Waals surface area contributed by atoms with E-state index in [0.717, 1.165) is 18.9 Å². The number of thiocarbonyl (C=S) groups is 2. The summed E-state index contributed by atoms with van der Waals surface area (Å²) in [6.07, 6.45) is 4.83. The van der Waals surface area contributed by atoms with Gasteiger partial charge < -0.3 is 10.6 Å². The fraction of sp³-hybridized carbons (Fsp3) is 0.846. The molecule has 0 amide bonds. The summed E-state index contributed by atoms with van der Waals surface area (Å²) in [6, 6.07) is 0.461. The lowest BCUT2D eigenvalue weighted by molar-refractivity contribution is 0.224. The monoisotopic (exact) mass is 302 g/mol. The van der Waals surface area contributed by atoms with Crippen molar-refractivity contribution in [3.05, 3.63) is 0 Å². The van der Waals surface area contributed by atoms with E-state index in [0.29, 0.717) is 22.2 Å². The summed E-state index contributed by atoms with van der Waals surface area (Å²) in [5, 5.41) is 7.66. The Labute approximate surface area is 127 Å². The Balaban J connectivity index is 2.25. The van der Waals surface area contributed by atoms with Gasteiger partial charge in [0.25, 0.3) is 0 Å². The van der Waals surface area contributed by atoms with Crippen LogP contribution < -0.4 is 21.5 Å². The zero-order valence-corrected chi connectivity index (χ0v) is 13.7. The Morgan fingerprint density at radius 3 is 2.47 bits per heavy atom. The molecule has 0 spiro atoms. The Morgan fingerprint density at radius 1 is 1.11 bits per heavy atom. The molecule has 1 aliphatic rings. The van der Waals surface area contributed by atoms with Crippen molar-refractivity contribution in [1.82, 2.24) is 21.5 Å². The number of rotatable bonds is 3. The summed E-state index contributed by atoms with van der Waals surface area (Å²) in [5.74, 6) is 1.41. The van der Waals surface area contributed by atoms with Gasteiger partial charge in [-0.1, -0.05) is 33.6 Å². The second kappa shape index (κ2) is 8.53. The molecule has 0 bridgehead atoms. The second-order valence-electron chi connectivity index (χ2n) is 5.35. The lowest BCUT2D eigenvalue weighted by Gasteiger charge is -2.35. The maximum atomic E-state index is 5.29. The maximum absolute atomic E-state index is 5.29. The minimum Gasteiger partial charge on any atom is -0.361 e. The molecule has 0 aromatic heterocycles. The van der Waals surface area contributed by atoms with Crippen molar-refractivity contribution in [2.45, 2.75) is 52.5 Å². The van der Waals surface area contributed by atoms with E-state index in [-0.39, 0.29) is 0 Å². The summed E-state index contributed by atoms with van der Waals surface area (Å²) in [5.41, 5.74) is 5.84. The molecule has 1 saturated carbocycles. The average Bonchev–Trinajstić information content (AvgIpc) is 2.39. The molecule has 1 rings (SSSR count). The number of hydrogen-bond acceptors (Lipinski definition) is 2. The van der Waals surface area contributed by atoms with E-state index in [1.54, 1.807) is 0 Å². The smallest absolute Gasteiger partial charge is 0.185 e. The Kier molecular flexibility index (Phi) is 7.38. The van der Waals surface area contributed by atoms with E-state index in [9.17, 15) is 0 Å². The Bertz CT molecular complexity index is 309. The fourth-order valence-electron chi connectivity index (χ4n) is 2.39. The van der Waals surface area contributed by atoms with Crippen LogP contribution in [0.25, 0.3) is 0 Å². The predicted octanol–water partition coefficient (Wildman–Crippen LogP) is 2.06. The van der Waals surface area contributed by atoms with E-state index in [1.807, 2.05) is 0 Å². The molecule has 3 atom stereocenters. The SMILES string of the molecule is CCCNC(=S)NNC(=S)N[C@@H]1CCC[C@H](C)[C@@H]1C. The summed E-state index contributed by atoms with van der Waals surface area (Å²) >= 11 is 10.4. The molecular weight excluding hydrogens is 276 g/mol. The molecule has 0 unspecified atom stereocenters. The van der Waals surface area contributed by atoms with Crippen LogP contribution >= 0.6 is 24.4 Å². The van der Waals surface area contributed by atoms with Gasteiger partial charge in [0.1, 0.15) is 0 Å². The minimum absolute atomic E-state index is 0.461. The van der Waals surface area contributed by atoms with Crippen LogP contribution in [0.15, 0.2) is 0 Å². The summed E-state index contributed by atoms with van der Waals surface area (Å²) in [6.45, 7) is 7.58. The first-order valence-corrected chi connectivity index (χ1v) is 7.96. The van der Waals surface area contributed by atoms with Gasteiger partial charge in [-0.3, -0.25) is 10.9 Å². The van der Waals surface area contributed by atoms with Crippen molar-refractivity contribution in [3.8, 4) is 0 Å². The van der Waals surface area contributed by atoms with Gasteiger partial charge >= 0.3 is 0 Å². The van der Waals surface area contributed by atoms with Crippen LogP contribution in [0, 0.1) is 11.8 Å². The molecule has 19 heavy (non-hydrogen) atoms. The molecule has 0 saturated heterocycles. The van der Waals surface area contributed by atoms with Crippen LogP contribution in [-0.4, -0.2) is 22.8 Å². The second-order valence-corrected chi connectivity index (χ2v) is 6.17. The topological polar surface area (TPSA) is 48.1 Å². The third-order valence-corrected chi connectivity index (χ3v) is 4.31. The number of hydrazine groups is 1. The molecule has 0 aromatic carbocycles. The fourth-order valence-corrected chi connectivity index (χ4v) is 2.74. The molecule has 1 aliphatic carbocycles. The van der Waals surface area contributed by atoms with Crippen LogP contribution in [0.5, 0.6) is 0 Å². The van der Waals surface area contributed by atoms with E-state index in [2.05, 4.69) is 42.3 Å². The highest BCUT2D eigenvalue weighted by Crippen LogP contribution is 2.29. The molecule has 6 heteroatoms. The number of nitrogens with one attached hydrogen (secondary N) is 4. The van der Waals surface area contributed by atoms with Gasteiger partial charge in [0.05, 0.1) is 0 Å². The van der Waals surface area contributed by atoms with Gasteiger partial charge in [0, 0.05) is 12.6 Å². The maximum Gasteiger partial charge on any atom is 0.185 e. The normalized spacial score (nSPS) is 26.4. The first-order valence-electron chi connectivity index (χ1n) is 7.15. The van der Waals surface area contributed by atoms with Gasteiger partial charge in [0.15, 0.2) is 10.2 Å². The first kappa shape index (κ1) is 16.4. The highest BCUT2D eigenvalue weighted by molar-refractivity contribution is 7.80. The minimum atomic E-state index is 0.461. The molecule has 0 aliphatic heterocycles. The van der Waals surface area contributed by atoms with Gasteiger partial charge in [-0.25, -0.2) is 0 Å². The van der Waals surface area contributed by atoms with Crippen molar-refractivity contribution in [1.29, 1.82) is 0 Å². The summed E-state index contributed by atoms with van der Waals surface area (Å²) in [4.78, 5) is 0. The highest BCUT2D eigenvalue weighted by atomic mass is 32.1. The van der Waals surface area contributed by atoms with E-state index in [1.165, 1.54) is 19.3 Å². The third-order valence-electron chi connectivity index (χ3n) is 3.85. The standard InChI is InChI=1S/C13H26N4S2/c1-4-8-14-12(18)16-17-13(19)15-11-7-5-6-9(2)10(11)3/h9-11H,4-8H2,1-3H3,(H2,14,16,18)(H2,15,17,19)/t9-,10-,11+/m0/s1. The summed E-state index contributed by atoms with van der Waals surface area (Å²) in [7, 11) is 0. The highest BCUT2D eigenvalue weighted by Gasteiger charge is 2.27. The largest absolute Gasteiger partial charge is 0.361 e. The first-order chi connectivity index (χ1) is 9.04. The van der Waals surface area contributed by atoms with Gasteiger partial charge in [-0.15, -0.1) is 0 Å². The van der Waals surface area contributed by atoms with Crippen LogP contribution in [0.4, 0.5) is 0 Å². The number of hydrogen-bond donors (Lipinski definition) is 4. The molecule has 0 aromatic rings. The molecule has 110 valence electrons. The van der Waals surface area contributed by atoms with Gasteiger partial charge in [-0.05, 0) is 49.1 Å². The van der Waals surface area contributed by atoms with Gasteiger partial charge in [0.2, 0.25) is 0 Å². The molecule has 4 nitrogen and oxygen atoms in total. The van der Waals surface area contributed by atoms with E-state index >= 15 is 0 Å². The van der Waals surface area contributed by atoms with E-state index in [4.69, 9.17) is 24.4 Å². The van der Waals surface area contributed by atoms with Crippen LogP contribution in [0.1, 0.15) is 46.5 Å². The molecule has 0 heterocycles. The average molecular weight is 303 g/mol. The molecular formula is C13H26N4S2. The third kappa shape index (κ3) is 5.91. The zero-order chi connectivity index (χ0) is 14.3. The van der Waals surface area contributed by atoms with Gasteiger partial charge in [-0.2, -0.15) is 0 Å². The van der Waals surface area contributed by atoms with E-state index < -0.39 is 0 Å². The molecule has 1 fully saturated rings. The lowest BCUT2D eigenvalue weighted by Crippen LogP contribution is -2.54. The predicted molar refractivity (Wildman–Crippen MR) is 88.9 cm³/mol. The Morgan fingerprint density at radius 2 is 1.79 bits per heavy atom. The van der Waals surface area contributed by atoms with Crippen LogP contribution in [0.2, 0.25) is 0 Å². The van der Waals surface area contributed by atoms with Crippen LogP contribution in [-0.2, 0) is 0 Å². The lowest BCUT2D eigenvalue weighted by atomic mass is 9.78. The Hall–Kier alpha value is -0.620. The van der Waals surface area contributed by atoms with Crippen molar-refractivity contribution in [2.75, 3.05) is 6.54 Å². The molecule has 0 radical (unpaired) electrons.